The molecule has 0 radical (unpaired) electrons. The molecule has 0 saturated carbocycles. The summed E-state index contributed by atoms with van der Waals surface area (Å²) >= 11 is 0. The second kappa shape index (κ2) is 13.1. The number of rotatable bonds is 12. The van der Waals surface area contributed by atoms with Crippen LogP contribution in [0.5, 0.6) is 5.75 Å². The zero-order chi connectivity index (χ0) is 28.6. The van der Waals surface area contributed by atoms with Crippen molar-refractivity contribution < 1.29 is 24.0 Å². The van der Waals surface area contributed by atoms with Crippen molar-refractivity contribution in [3.05, 3.63) is 93.8 Å². The van der Waals surface area contributed by atoms with Gasteiger partial charge in [-0.25, -0.2) is 0 Å². The standard InChI is InChI=1S/C29H36N4O6/c1-29(2,3)32(20-25-9-7-15-30(25)19-22-8-6-10-26(18-22)39-5)27(34)21-31(16-17-38-4)28(35)23-11-13-24(14-12-23)33(36)37/h6-15,18H,16-17,19-21H2,1-5H3. The Kier molecular flexibility index (Phi) is 9.84. The molecule has 39 heavy (non-hydrogen) atoms. The van der Waals surface area contributed by atoms with Gasteiger partial charge in [0.05, 0.1) is 25.2 Å². The van der Waals surface area contributed by atoms with Crippen LogP contribution < -0.4 is 4.74 Å². The zero-order valence-corrected chi connectivity index (χ0v) is 23.1. The zero-order valence-electron chi connectivity index (χ0n) is 23.1. The smallest absolute Gasteiger partial charge is 0.269 e. The average Bonchev–Trinajstić information content (AvgIpc) is 3.35. The summed E-state index contributed by atoms with van der Waals surface area (Å²) in [4.78, 5) is 40.6. The van der Waals surface area contributed by atoms with Crippen LogP contribution in [0, 0.1) is 10.1 Å². The van der Waals surface area contributed by atoms with E-state index in [9.17, 15) is 19.7 Å². The molecule has 208 valence electrons. The maximum absolute atomic E-state index is 13.7. The van der Waals surface area contributed by atoms with E-state index in [1.807, 2.05) is 63.4 Å². The molecule has 0 unspecified atom stereocenters. The molecule has 0 bridgehead atoms. The van der Waals surface area contributed by atoms with Gasteiger partial charge in [0.2, 0.25) is 5.91 Å². The van der Waals surface area contributed by atoms with E-state index in [0.717, 1.165) is 17.0 Å². The number of amides is 2. The van der Waals surface area contributed by atoms with E-state index in [2.05, 4.69) is 4.57 Å². The van der Waals surface area contributed by atoms with Crippen molar-refractivity contribution in [3.8, 4) is 5.75 Å². The third kappa shape index (κ3) is 7.90. The van der Waals surface area contributed by atoms with E-state index >= 15 is 0 Å². The monoisotopic (exact) mass is 536 g/mol. The summed E-state index contributed by atoms with van der Waals surface area (Å²) in [5, 5.41) is 11.0. The first-order valence-electron chi connectivity index (χ1n) is 12.6. The Morgan fingerprint density at radius 2 is 1.74 bits per heavy atom. The van der Waals surface area contributed by atoms with E-state index in [1.165, 1.54) is 36.3 Å². The van der Waals surface area contributed by atoms with Crippen LogP contribution in [0.2, 0.25) is 0 Å². The van der Waals surface area contributed by atoms with Crippen LogP contribution in [0.3, 0.4) is 0 Å². The highest BCUT2D eigenvalue weighted by molar-refractivity contribution is 5.96. The number of ether oxygens (including phenoxy) is 2. The minimum Gasteiger partial charge on any atom is -0.497 e. The molecule has 10 heteroatoms. The minimum absolute atomic E-state index is 0.109. The summed E-state index contributed by atoms with van der Waals surface area (Å²) in [6, 6.07) is 17.1. The number of aromatic nitrogens is 1. The van der Waals surface area contributed by atoms with Crippen molar-refractivity contribution in [2.75, 3.05) is 33.9 Å². The summed E-state index contributed by atoms with van der Waals surface area (Å²) in [5.74, 6) is 0.162. The van der Waals surface area contributed by atoms with Gasteiger partial charge in [-0.2, -0.15) is 0 Å². The lowest BCUT2D eigenvalue weighted by Crippen LogP contribution is -2.50. The number of nitrogens with zero attached hydrogens (tertiary/aromatic N) is 4. The fraction of sp³-hybridized carbons (Fsp3) is 0.379. The van der Waals surface area contributed by atoms with Gasteiger partial charge >= 0.3 is 0 Å². The number of carbonyl (C=O) groups excluding carboxylic acids is 2. The van der Waals surface area contributed by atoms with E-state index < -0.39 is 16.4 Å². The van der Waals surface area contributed by atoms with Gasteiger partial charge in [-0.1, -0.05) is 12.1 Å². The molecule has 3 rings (SSSR count). The molecule has 0 aliphatic rings. The van der Waals surface area contributed by atoms with Crippen molar-refractivity contribution in [3.63, 3.8) is 0 Å². The maximum Gasteiger partial charge on any atom is 0.269 e. The predicted octanol–water partition coefficient (Wildman–Crippen LogP) is 4.37. The van der Waals surface area contributed by atoms with Crippen LogP contribution >= 0.6 is 0 Å². The third-order valence-electron chi connectivity index (χ3n) is 6.35. The van der Waals surface area contributed by atoms with E-state index in [1.54, 1.807) is 12.0 Å². The van der Waals surface area contributed by atoms with Gasteiger partial charge < -0.3 is 23.8 Å². The number of non-ortho nitro benzene ring substituents is 1. The number of benzene rings is 2. The fourth-order valence-corrected chi connectivity index (χ4v) is 4.19. The van der Waals surface area contributed by atoms with Crippen LogP contribution in [0.1, 0.15) is 42.4 Å². The molecule has 0 spiro atoms. The number of hydrogen-bond acceptors (Lipinski definition) is 6. The first kappa shape index (κ1) is 29.4. The molecule has 10 nitrogen and oxygen atoms in total. The molecular formula is C29H36N4O6. The highest BCUT2D eigenvalue weighted by Crippen LogP contribution is 2.21. The molecule has 0 aliphatic heterocycles. The second-order valence-electron chi connectivity index (χ2n) is 10.2. The van der Waals surface area contributed by atoms with Gasteiger partial charge in [-0.15, -0.1) is 0 Å². The summed E-state index contributed by atoms with van der Waals surface area (Å²) in [7, 11) is 3.16. The predicted molar refractivity (Wildman–Crippen MR) is 148 cm³/mol. The Hall–Kier alpha value is -4.18. The lowest BCUT2D eigenvalue weighted by Gasteiger charge is -2.37. The number of nitro groups is 1. The lowest BCUT2D eigenvalue weighted by atomic mass is 10.0. The maximum atomic E-state index is 13.7. The normalized spacial score (nSPS) is 11.2. The minimum atomic E-state index is -0.522. The lowest BCUT2D eigenvalue weighted by molar-refractivity contribution is -0.384. The molecule has 2 aromatic carbocycles. The van der Waals surface area contributed by atoms with Gasteiger partial charge in [0.1, 0.15) is 12.3 Å². The van der Waals surface area contributed by atoms with E-state index in [-0.39, 0.29) is 36.9 Å². The van der Waals surface area contributed by atoms with Gasteiger partial charge in [0.25, 0.3) is 11.6 Å². The summed E-state index contributed by atoms with van der Waals surface area (Å²) in [5.41, 5.74) is 1.65. The van der Waals surface area contributed by atoms with Crippen molar-refractivity contribution >= 4 is 17.5 Å². The third-order valence-corrected chi connectivity index (χ3v) is 6.35. The van der Waals surface area contributed by atoms with Gasteiger partial charge in [-0.3, -0.25) is 19.7 Å². The highest BCUT2D eigenvalue weighted by Gasteiger charge is 2.30. The van der Waals surface area contributed by atoms with Crippen molar-refractivity contribution in [2.24, 2.45) is 0 Å². The molecule has 0 aliphatic carbocycles. The summed E-state index contributed by atoms with van der Waals surface area (Å²) in [6.45, 7) is 7.11. The Morgan fingerprint density at radius 3 is 2.36 bits per heavy atom. The van der Waals surface area contributed by atoms with Crippen molar-refractivity contribution in [1.29, 1.82) is 0 Å². The second-order valence-corrected chi connectivity index (χ2v) is 10.2. The number of hydrogen-bond donors (Lipinski definition) is 0. The van der Waals surface area contributed by atoms with Gasteiger partial charge in [0.15, 0.2) is 0 Å². The summed E-state index contributed by atoms with van der Waals surface area (Å²) in [6.07, 6.45) is 1.98. The van der Waals surface area contributed by atoms with Crippen LogP contribution in [-0.2, 0) is 22.6 Å². The Labute approximate surface area is 228 Å². The average molecular weight is 537 g/mol. The van der Waals surface area contributed by atoms with Crippen LogP contribution in [0.25, 0.3) is 0 Å². The first-order valence-corrected chi connectivity index (χ1v) is 12.6. The molecule has 0 N–H and O–H groups in total. The molecule has 0 atom stereocenters. The molecule has 0 saturated heterocycles. The van der Waals surface area contributed by atoms with Crippen LogP contribution in [-0.4, -0.2) is 70.6 Å². The molecule has 0 fully saturated rings. The van der Waals surface area contributed by atoms with Crippen molar-refractivity contribution in [1.82, 2.24) is 14.4 Å². The molecule has 1 aromatic heterocycles. The molecule has 2 amide bonds. The molecule has 1 heterocycles. The fourth-order valence-electron chi connectivity index (χ4n) is 4.19. The summed E-state index contributed by atoms with van der Waals surface area (Å²) < 4.78 is 12.6. The molecule has 3 aromatic rings. The largest absolute Gasteiger partial charge is 0.497 e. The Bertz CT molecular complexity index is 1280. The first-order chi connectivity index (χ1) is 18.5. The Morgan fingerprint density at radius 1 is 1.03 bits per heavy atom. The highest BCUT2D eigenvalue weighted by atomic mass is 16.6. The number of nitro benzene ring substituents is 1. The topological polar surface area (TPSA) is 107 Å². The van der Waals surface area contributed by atoms with Crippen molar-refractivity contribution in [2.45, 2.75) is 39.4 Å². The van der Waals surface area contributed by atoms with E-state index in [0.29, 0.717) is 13.1 Å². The van der Waals surface area contributed by atoms with E-state index in [4.69, 9.17) is 9.47 Å². The van der Waals surface area contributed by atoms with Crippen LogP contribution in [0.4, 0.5) is 5.69 Å². The SMILES string of the molecule is COCCN(CC(=O)N(Cc1cccn1Cc1cccc(OC)c1)C(C)(C)C)C(=O)c1ccc([N+](=O)[O-])cc1. The quantitative estimate of drug-likeness (QED) is 0.251. The number of methoxy groups -OCH3 is 2. The Balaban J connectivity index is 1.80. The van der Waals surface area contributed by atoms with Crippen LogP contribution in [0.15, 0.2) is 66.9 Å². The van der Waals surface area contributed by atoms with Gasteiger partial charge in [-0.05, 0) is 62.7 Å². The molecular weight excluding hydrogens is 500 g/mol. The van der Waals surface area contributed by atoms with Gasteiger partial charge in [0, 0.05) is 55.3 Å². The number of carbonyl (C=O) groups is 2.